The fraction of sp³-hybridized carbons (Fsp3) is 0.391. The molecule has 0 fully saturated rings. The van der Waals surface area contributed by atoms with Gasteiger partial charge in [-0.3, -0.25) is 9.79 Å². The van der Waals surface area contributed by atoms with Crippen LogP contribution in [0.15, 0.2) is 59.6 Å². The van der Waals surface area contributed by atoms with Crippen LogP contribution in [0.25, 0.3) is 0 Å². The predicted molar refractivity (Wildman–Crippen MR) is 121 cm³/mol. The van der Waals surface area contributed by atoms with Gasteiger partial charge < -0.3 is 20.9 Å². The van der Waals surface area contributed by atoms with Crippen LogP contribution in [-0.4, -0.2) is 45.1 Å². The minimum Gasteiger partial charge on any atom is -0.372 e. The standard InChI is InChI=1S/C23H31N5O/c1-3-28(19-10-5-4-6-11-19)15-9-14-25-23(24-2)26-17-18-16-22(29)27-21-13-8-7-12-20(18)21/h4-8,10-13,18H,3,9,14-17H2,1-2H3,(H,27,29)(H2,24,25,26). The van der Waals surface area contributed by atoms with E-state index in [-0.39, 0.29) is 11.8 Å². The first kappa shape index (κ1) is 20.7. The highest BCUT2D eigenvalue weighted by molar-refractivity contribution is 5.94. The van der Waals surface area contributed by atoms with E-state index in [1.165, 1.54) is 11.3 Å². The maximum Gasteiger partial charge on any atom is 0.225 e. The summed E-state index contributed by atoms with van der Waals surface area (Å²) in [5.41, 5.74) is 3.35. The molecule has 2 aromatic carbocycles. The maximum atomic E-state index is 12.0. The molecule has 1 atom stereocenters. The van der Waals surface area contributed by atoms with E-state index in [2.05, 4.69) is 63.1 Å². The first-order valence-electron chi connectivity index (χ1n) is 10.3. The second kappa shape index (κ2) is 10.5. The summed E-state index contributed by atoms with van der Waals surface area (Å²) in [6.45, 7) is 5.67. The Kier molecular flexibility index (Phi) is 7.50. The fourth-order valence-electron chi connectivity index (χ4n) is 3.71. The Morgan fingerprint density at radius 2 is 1.90 bits per heavy atom. The van der Waals surface area contributed by atoms with Crippen molar-refractivity contribution >= 4 is 23.2 Å². The molecule has 0 aromatic heterocycles. The van der Waals surface area contributed by atoms with Crippen LogP contribution in [0.2, 0.25) is 0 Å². The Morgan fingerprint density at radius 3 is 2.66 bits per heavy atom. The summed E-state index contributed by atoms with van der Waals surface area (Å²) in [5, 5.41) is 9.71. The third kappa shape index (κ3) is 5.73. The molecule has 0 saturated carbocycles. The van der Waals surface area contributed by atoms with E-state index in [9.17, 15) is 4.79 Å². The molecule has 29 heavy (non-hydrogen) atoms. The molecule has 1 unspecified atom stereocenters. The Bertz CT molecular complexity index is 821. The van der Waals surface area contributed by atoms with Crippen molar-refractivity contribution in [3.8, 4) is 0 Å². The first-order chi connectivity index (χ1) is 14.2. The summed E-state index contributed by atoms with van der Waals surface area (Å²) < 4.78 is 0. The van der Waals surface area contributed by atoms with E-state index in [0.717, 1.165) is 37.7 Å². The number of aliphatic imine (C=N–C) groups is 1. The lowest BCUT2D eigenvalue weighted by Gasteiger charge is -2.26. The van der Waals surface area contributed by atoms with Crippen LogP contribution < -0.4 is 20.9 Å². The number of nitrogens with one attached hydrogen (secondary N) is 3. The summed E-state index contributed by atoms with van der Waals surface area (Å²) in [4.78, 5) is 18.7. The van der Waals surface area contributed by atoms with Crippen molar-refractivity contribution in [2.45, 2.75) is 25.7 Å². The minimum atomic E-state index is 0.0685. The Morgan fingerprint density at radius 1 is 1.14 bits per heavy atom. The Balaban J connectivity index is 1.45. The van der Waals surface area contributed by atoms with Gasteiger partial charge in [0.15, 0.2) is 5.96 Å². The van der Waals surface area contributed by atoms with Crippen LogP contribution in [0.5, 0.6) is 0 Å². The van der Waals surface area contributed by atoms with Crippen LogP contribution in [0.1, 0.15) is 31.2 Å². The van der Waals surface area contributed by atoms with Gasteiger partial charge in [-0.1, -0.05) is 36.4 Å². The maximum absolute atomic E-state index is 12.0. The molecule has 1 heterocycles. The molecule has 2 aromatic rings. The molecule has 0 bridgehead atoms. The Hall–Kier alpha value is -3.02. The fourth-order valence-corrected chi connectivity index (χ4v) is 3.71. The average molecular weight is 394 g/mol. The van der Waals surface area contributed by atoms with Gasteiger partial charge in [0.1, 0.15) is 0 Å². The van der Waals surface area contributed by atoms with Gasteiger partial charge in [-0.25, -0.2) is 0 Å². The third-order valence-corrected chi connectivity index (χ3v) is 5.25. The van der Waals surface area contributed by atoms with Gasteiger partial charge in [0.05, 0.1) is 0 Å². The van der Waals surface area contributed by atoms with Crippen molar-refractivity contribution in [3.05, 3.63) is 60.2 Å². The number of fused-ring (bicyclic) bond motifs is 1. The second-order valence-electron chi connectivity index (χ2n) is 7.19. The molecule has 3 rings (SSSR count). The molecule has 1 aliphatic heterocycles. The molecule has 0 aliphatic carbocycles. The number of anilines is 2. The zero-order chi connectivity index (χ0) is 20.5. The third-order valence-electron chi connectivity index (χ3n) is 5.25. The van der Waals surface area contributed by atoms with E-state index >= 15 is 0 Å². The zero-order valence-corrected chi connectivity index (χ0v) is 17.3. The van der Waals surface area contributed by atoms with Crippen LogP contribution in [0, 0.1) is 0 Å². The monoisotopic (exact) mass is 393 g/mol. The highest BCUT2D eigenvalue weighted by Crippen LogP contribution is 2.31. The lowest BCUT2D eigenvalue weighted by atomic mass is 9.90. The number of nitrogens with zero attached hydrogens (tertiary/aromatic N) is 2. The number of carbonyl (C=O) groups excluding carboxylic acids is 1. The highest BCUT2D eigenvalue weighted by atomic mass is 16.1. The number of rotatable bonds is 8. The molecular formula is C23H31N5O. The SMILES string of the molecule is CCN(CCCNC(=NC)NCC1CC(=O)Nc2ccccc21)c1ccccc1. The summed E-state index contributed by atoms with van der Waals surface area (Å²) in [6, 6.07) is 18.5. The molecule has 1 aliphatic rings. The van der Waals surface area contributed by atoms with Crippen molar-refractivity contribution in [1.82, 2.24) is 10.6 Å². The van der Waals surface area contributed by atoms with Gasteiger partial charge in [0, 0.05) is 56.9 Å². The van der Waals surface area contributed by atoms with E-state index in [0.29, 0.717) is 13.0 Å². The van der Waals surface area contributed by atoms with Crippen LogP contribution >= 0.6 is 0 Å². The number of hydrogen-bond donors (Lipinski definition) is 3. The summed E-state index contributed by atoms with van der Waals surface area (Å²) >= 11 is 0. The van der Waals surface area contributed by atoms with E-state index < -0.39 is 0 Å². The average Bonchev–Trinajstić information content (AvgIpc) is 2.76. The Labute approximate surface area is 173 Å². The van der Waals surface area contributed by atoms with E-state index in [1.54, 1.807) is 7.05 Å². The normalized spacial score (nSPS) is 16.0. The van der Waals surface area contributed by atoms with Crippen molar-refractivity contribution in [3.63, 3.8) is 0 Å². The number of hydrogen-bond acceptors (Lipinski definition) is 3. The molecule has 0 saturated heterocycles. The van der Waals surface area contributed by atoms with Gasteiger partial charge in [-0.15, -0.1) is 0 Å². The largest absolute Gasteiger partial charge is 0.372 e. The number of benzene rings is 2. The lowest BCUT2D eigenvalue weighted by molar-refractivity contribution is -0.116. The van der Waals surface area contributed by atoms with Crippen LogP contribution in [0.4, 0.5) is 11.4 Å². The number of carbonyl (C=O) groups is 1. The molecule has 0 spiro atoms. The van der Waals surface area contributed by atoms with Gasteiger partial charge in [-0.05, 0) is 37.1 Å². The van der Waals surface area contributed by atoms with Gasteiger partial charge >= 0.3 is 0 Å². The van der Waals surface area contributed by atoms with Crippen LogP contribution in [-0.2, 0) is 4.79 Å². The molecule has 0 radical (unpaired) electrons. The smallest absolute Gasteiger partial charge is 0.225 e. The van der Waals surface area contributed by atoms with E-state index in [1.807, 2.05) is 24.3 Å². The van der Waals surface area contributed by atoms with Crippen molar-refractivity contribution < 1.29 is 4.79 Å². The number of para-hydroxylation sites is 2. The van der Waals surface area contributed by atoms with Gasteiger partial charge in [0.25, 0.3) is 0 Å². The highest BCUT2D eigenvalue weighted by Gasteiger charge is 2.24. The van der Waals surface area contributed by atoms with Gasteiger partial charge in [0.2, 0.25) is 5.91 Å². The lowest BCUT2D eigenvalue weighted by Crippen LogP contribution is -2.41. The molecule has 1 amide bonds. The minimum absolute atomic E-state index is 0.0685. The molecule has 3 N–H and O–H groups in total. The van der Waals surface area contributed by atoms with Gasteiger partial charge in [-0.2, -0.15) is 0 Å². The number of guanidine groups is 1. The molecule has 154 valence electrons. The summed E-state index contributed by atoms with van der Waals surface area (Å²) in [6.07, 6.45) is 1.50. The zero-order valence-electron chi connectivity index (χ0n) is 17.3. The van der Waals surface area contributed by atoms with Crippen molar-refractivity contribution in [2.24, 2.45) is 4.99 Å². The van der Waals surface area contributed by atoms with E-state index in [4.69, 9.17) is 0 Å². The van der Waals surface area contributed by atoms with Crippen molar-refractivity contribution in [2.75, 3.05) is 43.4 Å². The molecule has 6 heteroatoms. The second-order valence-corrected chi connectivity index (χ2v) is 7.19. The summed E-state index contributed by atoms with van der Waals surface area (Å²) in [7, 11) is 1.78. The van der Waals surface area contributed by atoms with Crippen molar-refractivity contribution in [1.29, 1.82) is 0 Å². The molecular weight excluding hydrogens is 362 g/mol. The summed E-state index contributed by atoms with van der Waals surface area (Å²) in [5.74, 6) is 0.988. The topological polar surface area (TPSA) is 68.8 Å². The molecule has 6 nitrogen and oxygen atoms in total. The number of amides is 1. The quantitative estimate of drug-likeness (QED) is 0.366. The predicted octanol–water partition coefficient (Wildman–Crippen LogP) is 3.19. The van der Waals surface area contributed by atoms with Crippen LogP contribution in [0.3, 0.4) is 0 Å². The first-order valence-corrected chi connectivity index (χ1v) is 10.3.